The quantitative estimate of drug-likeness (QED) is 0.743. The molecule has 0 aromatic carbocycles. The number of carbonyl (C=O) groups excluding carboxylic acids is 2. The van der Waals surface area contributed by atoms with Crippen molar-refractivity contribution in [3.05, 3.63) is 0 Å². The van der Waals surface area contributed by atoms with Gasteiger partial charge in [-0.25, -0.2) is 0 Å². The summed E-state index contributed by atoms with van der Waals surface area (Å²) in [7, 11) is 0. The minimum absolute atomic E-state index is 0.147. The van der Waals surface area contributed by atoms with Crippen molar-refractivity contribution in [3.8, 4) is 0 Å². The van der Waals surface area contributed by atoms with Crippen molar-refractivity contribution in [2.75, 3.05) is 12.3 Å². The summed E-state index contributed by atoms with van der Waals surface area (Å²) < 4.78 is 0. The topological polar surface area (TPSA) is 37.4 Å². The van der Waals surface area contributed by atoms with E-state index >= 15 is 0 Å². The van der Waals surface area contributed by atoms with E-state index in [-0.39, 0.29) is 11.0 Å². The second-order valence-electron chi connectivity index (χ2n) is 4.39. The highest BCUT2D eigenvalue weighted by Gasteiger charge is 2.32. The van der Waals surface area contributed by atoms with E-state index in [1.807, 2.05) is 4.90 Å². The number of hydrogen-bond acceptors (Lipinski definition) is 3. The average molecular weight is 243 g/mol. The second kappa shape index (κ2) is 6.28. The summed E-state index contributed by atoms with van der Waals surface area (Å²) in [5.41, 5.74) is 0. The van der Waals surface area contributed by atoms with Gasteiger partial charge >= 0.3 is 0 Å². The van der Waals surface area contributed by atoms with Crippen molar-refractivity contribution in [2.24, 2.45) is 5.92 Å². The van der Waals surface area contributed by atoms with E-state index in [0.29, 0.717) is 18.4 Å². The van der Waals surface area contributed by atoms with Gasteiger partial charge in [0.25, 0.3) is 0 Å². The van der Waals surface area contributed by atoms with Crippen LogP contribution in [-0.2, 0) is 9.59 Å². The van der Waals surface area contributed by atoms with E-state index in [9.17, 15) is 9.59 Å². The minimum atomic E-state index is 0.147. The van der Waals surface area contributed by atoms with E-state index in [4.69, 9.17) is 0 Å². The van der Waals surface area contributed by atoms with Crippen molar-refractivity contribution in [3.63, 3.8) is 0 Å². The van der Waals surface area contributed by atoms with Crippen LogP contribution in [0.1, 0.15) is 40.0 Å². The summed E-state index contributed by atoms with van der Waals surface area (Å²) >= 11 is 1.34. The number of carbonyl (C=O) groups is 2. The Morgan fingerprint density at radius 1 is 1.50 bits per heavy atom. The minimum Gasteiger partial charge on any atom is -0.339 e. The van der Waals surface area contributed by atoms with E-state index in [2.05, 4.69) is 13.8 Å². The molecule has 1 amide bonds. The molecular weight excluding hydrogens is 222 g/mol. The monoisotopic (exact) mass is 243 g/mol. The van der Waals surface area contributed by atoms with Crippen molar-refractivity contribution in [1.29, 1.82) is 0 Å². The van der Waals surface area contributed by atoms with Crippen LogP contribution in [0.25, 0.3) is 0 Å². The van der Waals surface area contributed by atoms with Crippen LogP contribution in [0.15, 0.2) is 0 Å². The molecule has 1 atom stereocenters. The molecule has 1 unspecified atom stereocenters. The van der Waals surface area contributed by atoms with E-state index in [1.54, 1.807) is 6.92 Å². The number of hydrogen-bond donors (Lipinski definition) is 0. The number of amides is 1. The third kappa shape index (κ3) is 3.51. The second-order valence-corrected chi connectivity index (χ2v) is 5.59. The van der Waals surface area contributed by atoms with Gasteiger partial charge in [0.1, 0.15) is 0 Å². The molecule has 1 heterocycles. The normalized spacial score (nSPS) is 20.9. The lowest BCUT2D eigenvalue weighted by atomic mass is 10.1. The van der Waals surface area contributed by atoms with Gasteiger partial charge < -0.3 is 4.90 Å². The Morgan fingerprint density at radius 2 is 2.12 bits per heavy atom. The highest BCUT2D eigenvalue weighted by Crippen LogP contribution is 2.25. The molecule has 1 fully saturated rings. The fourth-order valence-corrected chi connectivity index (χ4v) is 2.93. The molecule has 0 aromatic heterocycles. The smallest absolute Gasteiger partial charge is 0.223 e. The van der Waals surface area contributed by atoms with Gasteiger partial charge in [0.2, 0.25) is 5.91 Å². The molecule has 1 saturated heterocycles. The van der Waals surface area contributed by atoms with Gasteiger partial charge in [-0.15, -0.1) is 0 Å². The van der Waals surface area contributed by atoms with Crippen LogP contribution in [0.3, 0.4) is 0 Å². The summed E-state index contributed by atoms with van der Waals surface area (Å²) in [6.07, 6.45) is 2.67. The van der Waals surface area contributed by atoms with Gasteiger partial charge in [0.05, 0.1) is 0 Å². The molecule has 0 N–H and O–H groups in total. The number of rotatable bonds is 5. The molecule has 1 aliphatic heterocycles. The lowest BCUT2D eigenvalue weighted by molar-refractivity contribution is -0.129. The zero-order valence-electron chi connectivity index (χ0n) is 10.4. The Hall–Kier alpha value is -0.510. The lowest BCUT2D eigenvalue weighted by Gasteiger charge is -2.26. The summed E-state index contributed by atoms with van der Waals surface area (Å²) in [5.74, 6) is 1.42. The Kier molecular flexibility index (Phi) is 5.32. The summed E-state index contributed by atoms with van der Waals surface area (Å²) in [4.78, 5) is 24.7. The maximum atomic E-state index is 11.8. The largest absolute Gasteiger partial charge is 0.339 e. The predicted octanol–water partition coefficient (Wildman–Crippen LogP) is 2.30. The highest BCUT2D eigenvalue weighted by molar-refractivity contribution is 8.13. The SMILES string of the molecule is CCC(CC)N1CC(CSC(C)=O)CC1=O. The zero-order valence-corrected chi connectivity index (χ0v) is 11.2. The van der Waals surface area contributed by atoms with Crippen LogP contribution in [0, 0.1) is 5.92 Å². The molecule has 4 heteroatoms. The van der Waals surface area contributed by atoms with E-state index < -0.39 is 0 Å². The molecule has 1 aliphatic rings. The van der Waals surface area contributed by atoms with Gasteiger partial charge in [-0.05, 0) is 18.8 Å². The Labute approximate surface area is 102 Å². The van der Waals surface area contributed by atoms with Crippen molar-refractivity contribution >= 4 is 22.8 Å². The number of likely N-dealkylation sites (tertiary alicyclic amines) is 1. The third-order valence-corrected chi connectivity index (χ3v) is 4.19. The Balaban J connectivity index is 2.46. The molecule has 0 bridgehead atoms. The summed E-state index contributed by atoms with van der Waals surface area (Å²) in [6.45, 7) is 6.67. The van der Waals surface area contributed by atoms with Crippen LogP contribution >= 0.6 is 11.8 Å². The van der Waals surface area contributed by atoms with E-state index in [1.165, 1.54) is 11.8 Å². The molecule has 16 heavy (non-hydrogen) atoms. The van der Waals surface area contributed by atoms with Crippen molar-refractivity contribution < 1.29 is 9.59 Å². The van der Waals surface area contributed by atoms with Crippen molar-refractivity contribution in [2.45, 2.75) is 46.1 Å². The molecule has 3 nitrogen and oxygen atoms in total. The van der Waals surface area contributed by atoms with Crippen LogP contribution < -0.4 is 0 Å². The first-order chi connectivity index (χ1) is 7.58. The first-order valence-electron chi connectivity index (χ1n) is 6.01. The average Bonchev–Trinajstić information content (AvgIpc) is 2.59. The molecular formula is C12H21NO2S. The predicted molar refractivity (Wildman–Crippen MR) is 67.3 cm³/mol. The fraction of sp³-hybridized carbons (Fsp3) is 0.833. The maximum Gasteiger partial charge on any atom is 0.223 e. The van der Waals surface area contributed by atoms with Crippen molar-refractivity contribution in [1.82, 2.24) is 4.90 Å². The summed E-state index contributed by atoms with van der Waals surface area (Å²) in [6, 6.07) is 0.389. The van der Waals surface area contributed by atoms with Gasteiger partial charge in [-0.2, -0.15) is 0 Å². The van der Waals surface area contributed by atoms with E-state index in [0.717, 1.165) is 25.1 Å². The maximum absolute atomic E-state index is 11.8. The fourth-order valence-electron chi connectivity index (χ4n) is 2.24. The van der Waals surface area contributed by atoms with Gasteiger partial charge in [-0.1, -0.05) is 25.6 Å². The van der Waals surface area contributed by atoms with Gasteiger partial charge in [-0.3, -0.25) is 9.59 Å². The standard InChI is InChI=1S/C12H21NO2S/c1-4-11(5-2)13-7-10(6-12(13)15)8-16-9(3)14/h10-11H,4-8H2,1-3H3. The van der Waals surface area contributed by atoms with Crippen LogP contribution in [0.5, 0.6) is 0 Å². The first-order valence-corrected chi connectivity index (χ1v) is 6.99. The van der Waals surface area contributed by atoms with Gasteiger partial charge in [0.15, 0.2) is 5.12 Å². The highest BCUT2D eigenvalue weighted by atomic mass is 32.2. The Morgan fingerprint density at radius 3 is 2.62 bits per heavy atom. The Bertz CT molecular complexity index is 264. The third-order valence-electron chi connectivity index (χ3n) is 3.14. The molecule has 0 spiro atoms. The number of thioether (sulfide) groups is 1. The molecule has 1 rings (SSSR count). The van der Waals surface area contributed by atoms with Gasteiger partial charge in [0, 0.05) is 31.7 Å². The van der Waals surface area contributed by atoms with Crippen LogP contribution in [0.4, 0.5) is 0 Å². The molecule has 92 valence electrons. The number of nitrogens with zero attached hydrogens (tertiary/aromatic N) is 1. The molecule has 0 aliphatic carbocycles. The molecule has 0 aromatic rings. The van der Waals surface area contributed by atoms with Crippen LogP contribution in [-0.4, -0.2) is 34.3 Å². The lowest BCUT2D eigenvalue weighted by Crippen LogP contribution is -2.35. The molecule has 0 radical (unpaired) electrons. The molecule has 0 saturated carbocycles. The summed E-state index contributed by atoms with van der Waals surface area (Å²) in [5, 5.41) is 0.147. The zero-order chi connectivity index (χ0) is 12.1. The van der Waals surface area contributed by atoms with Crippen LogP contribution in [0.2, 0.25) is 0 Å². The first kappa shape index (κ1) is 13.6.